The standard InChI is InChI=1S/C17H26N2O4/c1-14(20)19(12-13-22-2)11-9-17(21)18-10-8-15-6-4-5-7-16(15)23-3/h4-7H,8-13H2,1-3H3,(H,18,21). The second kappa shape index (κ2) is 10.6. The van der Waals surface area contributed by atoms with Crippen molar-refractivity contribution in [1.82, 2.24) is 10.2 Å². The molecule has 0 aromatic heterocycles. The van der Waals surface area contributed by atoms with Crippen molar-refractivity contribution in [1.29, 1.82) is 0 Å². The van der Waals surface area contributed by atoms with Crippen LogP contribution in [0.1, 0.15) is 18.9 Å². The first kappa shape index (κ1) is 19.0. The summed E-state index contributed by atoms with van der Waals surface area (Å²) in [7, 11) is 3.22. The van der Waals surface area contributed by atoms with Gasteiger partial charge in [-0.25, -0.2) is 0 Å². The highest BCUT2D eigenvalue weighted by molar-refractivity contribution is 5.78. The van der Waals surface area contributed by atoms with E-state index in [1.165, 1.54) is 6.92 Å². The number of benzene rings is 1. The number of nitrogens with zero attached hydrogens (tertiary/aromatic N) is 1. The van der Waals surface area contributed by atoms with E-state index in [1.54, 1.807) is 19.1 Å². The predicted octanol–water partition coefficient (Wildman–Crippen LogP) is 1.24. The third kappa shape index (κ3) is 7.15. The second-order valence-electron chi connectivity index (χ2n) is 5.16. The molecule has 0 heterocycles. The third-order valence-electron chi connectivity index (χ3n) is 3.53. The van der Waals surface area contributed by atoms with Gasteiger partial charge in [0, 0.05) is 40.1 Å². The molecule has 0 aliphatic heterocycles. The summed E-state index contributed by atoms with van der Waals surface area (Å²) < 4.78 is 10.2. The number of amides is 2. The minimum atomic E-state index is -0.0661. The molecule has 0 saturated heterocycles. The minimum Gasteiger partial charge on any atom is -0.496 e. The van der Waals surface area contributed by atoms with E-state index in [4.69, 9.17) is 9.47 Å². The highest BCUT2D eigenvalue weighted by atomic mass is 16.5. The van der Waals surface area contributed by atoms with E-state index < -0.39 is 0 Å². The summed E-state index contributed by atoms with van der Waals surface area (Å²) in [4.78, 5) is 24.9. The molecule has 0 saturated carbocycles. The van der Waals surface area contributed by atoms with Gasteiger partial charge in [0.1, 0.15) is 5.75 Å². The summed E-state index contributed by atoms with van der Waals surface area (Å²) in [5.74, 6) is 0.705. The van der Waals surface area contributed by atoms with E-state index in [-0.39, 0.29) is 18.2 Å². The number of rotatable bonds is 10. The highest BCUT2D eigenvalue weighted by Gasteiger charge is 2.11. The predicted molar refractivity (Wildman–Crippen MR) is 88.5 cm³/mol. The molecular formula is C17H26N2O4. The largest absolute Gasteiger partial charge is 0.496 e. The monoisotopic (exact) mass is 322 g/mol. The Kier molecular flexibility index (Phi) is 8.75. The van der Waals surface area contributed by atoms with E-state index in [2.05, 4.69) is 5.32 Å². The maximum Gasteiger partial charge on any atom is 0.221 e. The number of carbonyl (C=O) groups is 2. The lowest BCUT2D eigenvalue weighted by Gasteiger charge is -2.20. The zero-order chi connectivity index (χ0) is 17.1. The average Bonchev–Trinajstić information content (AvgIpc) is 2.55. The quantitative estimate of drug-likeness (QED) is 0.704. The molecule has 6 heteroatoms. The van der Waals surface area contributed by atoms with Crippen molar-refractivity contribution in [3.05, 3.63) is 29.8 Å². The van der Waals surface area contributed by atoms with Crippen molar-refractivity contribution < 1.29 is 19.1 Å². The van der Waals surface area contributed by atoms with Gasteiger partial charge in [-0.1, -0.05) is 18.2 Å². The summed E-state index contributed by atoms with van der Waals surface area (Å²) in [5, 5.41) is 2.87. The molecule has 1 rings (SSSR count). The summed E-state index contributed by atoms with van der Waals surface area (Å²) in [5.41, 5.74) is 1.06. The molecule has 1 aromatic rings. The van der Waals surface area contributed by atoms with Gasteiger partial charge >= 0.3 is 0 Å². The first-order valence-electron chi connectivity index (χ1n) is 7.71. The lowest BCUT2D eigenvalue weighted by molar-refractivity contribution is -0.130. The van der Waals surface area contributed by atoms with Crippen LogP contribution in [0.15, 0.2) is 24.3 Å². The van der Waals surface area contributed by atoms with Crippen LogP contribution < -0.4 is 10.1 Å². The maximum absolute atomic E-state index is 11.9. The topological polar surface area (TPSA) is 67.9 Å². The third-order valence-corrected chi connectivity index (χ3v) is 3.53. The van der Waals surface area contributed by atoms with Gasteiger partial charge < -0.3 is 19.7 Å². The maximum atomic E-state index is 11.9. The van der Waals surface area contributed by atoms with Crippen LogP contribution in [0.4, 0.5) is 0 Å². The van der Waals surface area contributed by atoms with E-state index in [9.17, 15) is 9.59 Å². The molecule has 0 aliphatic rings. The van der Waals surface area contributed by atoms with Crippen LogP contribution in [0, 0.1) is 0 Å². The molecule has 0 bridgehead atoms. The lowest BCUT2D eigenvalue weighted by atomic mass is 10.1. The van der Waals surface area contributed by atoms with E-state index in [0.29, 0.717) is 32.7 Å². The Labute approximate surface area is 137 Å². The number of nitrogens with one attached hydrogen (secondary N) is 1. The Morgan fingerprint density at radius 1 is 1.17 bits per heavy atom. The summed E-state index contributed by atoms with van der Waals surface area (Å²) in [6, 6.07) is 7.74. The van der Waals surface area contributed by atoms with Gasteiger partial charge in [0.05, 0.1) is 13.7 Å². The van der Waals surface area contributed by atoms with Crippen molar-refractivity contribution in [2.75, 3.05) is 40.5 Å². The fraction of sp³-hybridized carbons (Fsp3) is 0.529. The fourth-order valence-corrected chi connectivity index (χ4v) is 2.20. The van der Waals surface area contributed by atoms with Gasteiger partial charge in [-0.15, -0.1) is 0 Å². The first-order valence-corrected chi connectivity index (χ1v) is 7.71. The van der Waals surface area contributed by atoms with Gasteiger partial charge in [-0.3, -0.25) is 9.59 Å². The average molecular weight is 322 g/mol. The van der Waals surface area contributed by atoms with Gasteiger partial charge in [-0.05, 0) is 18.1 Å². The van der Waals surface area contributed by atoms with Crippen LogP contribution in [0.2, 0.25) is 0 Å². The number of para-hydroxylation sites is 1. The molecular weight excluding hydrogens is 296 g/mol. The van der Waals surface area contributed by atoms with Crippen LogP contribution >= 0.6 is 0 Å². The zero-order valence-corrected chi connectivity index (χ0v) is 14.1. The molecule has 6 nitrogen and oxygen atoms in total. The SMILES string of the molecule is COCCN(CCC(=O)NCCc1ccccc1OC)C(C)=O. The fourth-order valence-electron chi connectivity index (χ4n) is 2.20. The molecule has 0 radical (unpaired) electrons. The van der Waals surface area contributed by atoms with Crippen molar-refractivity contribution >= 4 is 11.8 Å². The number of carbonyl (C=O) groups excluding carboxylic acids is 2. The van der Waals surface area contributed by atoms with Crippen molar-refractivity contribution in [3.8, 4) is 5.75 Å². The first-order chi connectivity index (χ1) is 11.1. The van der Waals surface area contributed by atoms with E-state index in [1.807, 2.05) is 24.3 Å². The van der Waals surface area contributed by atoms with Crippen molar-refractivity contribution in [2.45, 2.75) is 19.8 Å². The number of methoxy groups -OCH3 is 2. The summed E-state index contributed by atoms with van der Waals surface area (Å²) in [6.45, 7) is 3.40. The van der Waals surface area contributed by atoms with Crippen molar-refractivity contribution in [3.63, 3.8) is 0 Å². The molecule has 128 valence electrons. The molecule has 23 heavy (non-hydrogen) atoms. The van der Waals surface area contributed by atoms with E-state index >= 15 is 0 Å². The van der Waals surface area contributed by atoms with Crippen LogP contribution in [0.3, 0.4) is 0 Å². The van der Waals surface area contributed by atoms with Crippen LogP contribution in [-0.4, -0.2) is 57.2 Å². The van der Waals surface area contributed by atoms with Crippen molar-refractivity contribution in [2.24, 2.45) is 0 Å². The molecule has 0 spiro atoms. The van der Waals surface area contributed by atoms with Gasteiger partial charge in [-0.2, -0.15) is 0 Å². The second-order valence-corrected chi connectivity index (χ2v) is 5.16. The molecule has 0 unspecified atom stereocenters. The van der Waals surface area contributed by atoms with Crippen LogP contribution in [-0.2, 0) is 20.7 Å². The smallest absolute Gasteiger partial charge is 0.221 e. The number of ether oxygens (including phenoxy) is 2. The Bertz CT molecular complexity index is 505. The Morgan fingerprint density at radius 3 is 2.57 bits per heavy atom. The minimum absolute atomic E-state index is 0.0520. The summed E-state index contributed by atoms with van der Waals surface area (Å²) >= 11 is 0. The highest BCUT2D eigenvalue weighted by Crippen LogP contribution is 2.17. The summed E-state index contributed by atoms with van der Waals surface area (Å²) in [6.07, 6.45) is 0.991. The van der Waals surface area contributed by atoms with Gasteiger partial charge in [0.2, 0.25) is 11.8 Å². The molecule has 1 aromatic carbocycles. The van der Waals surface area contributed by atoms with Crippen LogP contribution in [0.25, 0.3) is 0 Å². The van der Waals surface area contributed by atoms with Crippen LogP contribution in [0.5, 0.6) is 5.75 Å². The van der Waals surface area contributed by atoms with Gasteiger partial charge in [0.15, 0.2) is 0 Å². The molecule has 0 atom stereocenters. The van der Waals surface area contributed by atoms with Gasteiger partial charge in [0.25, 0.3) is 0 Å². The molecule has 1 N–H and O–H groups in total. The van der Waals surface area contributed by atoms with E-state index in [0.717, 1.165) is 11.3 Å². The zero-order valence-electron chi connectivity index (χ0n) is 14.1. The lowest BCUT2D eigenvalue weighted by Crippen LogP contribution is -2.36. The molecule has 2 amide bonds. The Balaban J connectivity index is 2.32. The number of hydrogen-bond donors (Lipinski definition) is 1. The number of hydrogen-bond acceptors (Lipinski definition) is 4. The Hall–Kier alpha value is -2.08. The Morgan fingerprint density at radius 2 is 1.91 bits per heavy atom. The molecule has 0 fully saturated rings. The normalized spacial score (nSPS) is 10.2. The molecule has 0 aliphatic carbocycles.